The summed E-state index contributed by atoms with van der Waals surface area (Å²) in [7, 11) is 1.75. The zero-order valence-electron chi connectivity index (χ0n) is 10.0. The Bertz CT molecular complexity index is 340. The van der Waals surface area contributed by atoms with E-state index in [1.54, 1.807) is 13.4 Å². The van der Waals surface area contributed by atoms with E-state index in [1.165, 1.54) is 6.42 Å². The van der Waals surface area contributed by atoms with Gasteiger partial charge in [-0.1, -0.05) is 0 Å². The normalized spacial score (nSPS) is 20.4. The first-order chi connectivity index (χ1) is 7.72. The van der Waals surface area contributed by atoms with Crippen LogP contribution in [0.25, 0.3) is 0 Å². The van der Waals surface area contributed by atoms with E-state index in [1.807, 2.05) is 4.68 Å². The van der Waals surface area contributed by atoms with Gasteiger partial charge < -0.3 is 10.5 Å². The average Bonchev–Trinajstić information content (AvgIpc) is 2.64. The predicted molar refractivity (Wildman–Crippen MR) is 61.0 cm³/mol. The van der Waals surface area contributed by atoms with E-state index in [0.717, 1.165) is 31.6 Å². The summed E-state index contributed by atoms with van der Waals surface area (Å²) >= 11 is 0. The quantitative estimate of drug-likeness (QED) is 0.801. The van der Waals surface area contributed by atoms with Crippen molar-refractivity contribution in [2.75, 3.05) is 7.11 Å². The van der Waals surface area contributed by atoms with Gasteiger partial charge in [0.25, 0.3) is 0 Å². The van der Waals surface area contributed by atoms with Gasteiger partial charge in [0.1, 0.15) is 12.2 Å². The van der Waals surface area contributed by atoms with Gasteiger partial charge in [0.15, 0.2) is 0 Å². The van der Waals surface area contributed by atoms with Gasteiger partial charge in [-0.25, -0.2) is 4.98 Å². The van der Waals surface area contributed by atoms with Crippen LogP contribution in [0, 0.1) is 0 Å². The molecule has 1 fully saturated rings. The Morgan fingerprint density at radius 3 is 2.88 bits per heavy atom. The Labute approximate surface area is 96.0 Å². The number of methoxy groups -OCH3 is 1. The SMILES string of the molecule is CCn1ncnc1CC(N)C1(OC)CCC1. The minimum absolute atomic E-state index is 0.0146. The molecule has 0 amide bonds. The van der Waals surface area contributed by atoms with E-state index in [0.29, 0.717) is 0 Å². The van der Waals surface area contributed by atoms with E-state index in [2.05, 4.69) is 17.0 Å². The number of rotatable bonds is 5. The molecular formula is C11H20N4O. The first-order valence-electron chi connectivity index (χ1n) is 5.89. The number of ether oxygens (including phenoxy) is 1. The molecule has 0 saturated heterocycles. The first-order valence-corrected chi connectivity index (χ1v) is 5.89. The van der Waals surface area contributed by atoms with Gasteiger partial charge >= 0.3 is 0 Å². The van der Waals surface area contributed by atoms with Crippen molar-refractivity contribution in [3.63, 3.8) is 0 Å². The fraction of sp³-hybridized carbons (Fsp3) is 0.818. The van der Waals surface area contributed by atoms with Crippen LogP contribution in [0.3, 0.4) is 0 Å². The van der Waals surface area contributed by atoms with Crippen LogP contribution in [0.4, 0.5) is 0 Å². The maximum Gasteiger partial charge on any atom is 0.138 e. The molecule has 1 atom stereocenters. The molecule has 5 heteroatoms. The molecule has 1 aromatic heterocycles. The highest BCUT2D eigenvalue weighted by Gasteiger charge is 2.43. The molecule has 5 nitrogen and oxygen atoms in total. The van der Waals surface area contributed by atoms with Crippen LogP contribution in [0.15, 0.2) is 6.33 Å². The fourth-order valence-corrected chi connectivity index (χ4v) is 2.34. The summed E-state index contributed by atoms with van der Waals surface area (Å²) in [5.74, 6) is 0.957. The summed E-state index contributed by atoms with van der Waals surface area (Å²) in [6.45, 7) is 2.89. The summed E-state index contributed by atoms with van der Waals surface area (Å²) in [5, 5.41) is 4.15. The van der Waals surface area contributed by atoms with Gasteiger partial charge in [-0.15, -0.1) is 0 Å². The van der Waals surface area contributed by atoms with Crippen molar-refractivity contribution in [2.45, 2.75) is 50.8 Å². The topological polar surface area (TPSA) is 66.0 Å². The van der Waals surface area contributed by atoms with Crippen molar-refractivity contribution >= 4 is 0 Å². The second-order valence-electron chi connectivity index (χ2n) is 4.43. The Morgan fingerprint density at radius 2 is 2.38 bits per heavy atom. The molecule has 1 aliphatic carbocycles. The number of aryl methyl sites for hydroxylation is 1. The molecule has 1 aromatic rings. The third-order valence-electron chi connectivity index (χ3n) is 3.68. The largest absolute Gasteiger partial charge is 0.377 e. The second kappa shape index (κ2) is 4.51. The van der Waals surface area contributed by atoms with E-state index in [9.17, 15) is 0 Å². The third kappa shape index (κ3) is 1.85. The zero-order chi connectivity index (χ0) is 11.6. The van der Waals surface area contributed by atoms with Crippen LogP contribution in [0.5, 0.6) is 0 Å². The van der Waals surface area contributed by atoms with E-state index in [4.69, 9.17) is 10.5 Å². The van der Waals surface area contributed by atoms with Crippen molar-refractivity contribution < 1.29 is 4.74 Å². The van der Waals surface area contributed by atoms with Crippen LogP contribution in [0.2, 0.25) is 0 Å². The van der Waals surface area contributed by atoms with Gasteiger partial charge in [0.05, 0.1) is 5.60 Å². The van der Waals surface area contributed by atoms with E-state index >= 15 is 0 Å². The lowest BCUT2D eigenvalue weighted by atomic mass is 9.73. The molecule has 1 aliphatic rings. The fourth-order valence-electron chi connectivity index (χ4n) is 2.34. The predicted octanol–water partition coefficient (Wildman–Crippen LogP) is 0.737. The van der Waals surface area contributed by atoms with Gasteiger partial charge in [-0.3, -0.25) is 4.68 Å². The standard InChI is InChI=1S/C11H20N4O/c1-3-15-10(13-8-14-15)7-9(12)11(16-2)5-4-6-11/h8-9H,3-7,12H2,1-2H3. The van der Waals surface area contributed by atoms with Crippen LogP contribution in [-0.4, -0.2) is 33.5 Å². The lowest BCUT2D eigenvalue weighted by Crippen LogP contribution is -2.55. The minimum atomic E-state index is -0.121. The molecule has 16 heavy (non-hydrogen) atoms. The minimum Gasteiger partial charge on any atom is -0.377 e. The maximum absolute atomic E-state index is 6.23. The first kappa shape index (κ1) is 11.5. The molecule has 0 radical (unpaired) electrons. The van der Waals surface area contributed by atoms with Crippen LogP contribution in [-0.2, 0) is 17.7 Å². The van der Waals surface area contributed by atoms with Crippen molar-refractivity contribution in [2.24, 2.45) is 5.73 Å². The number of hydrogen-bond acceptors (Lipinski definition) is 4. The second-order valence-corrected chi connectivity index (χ2v) is 4.43. The molecule has 90 valence electrons. The lowest BCUT2D eigenvalue weighted by molar-refractivity contribution is -0.0901. The van der Waals surface area contributed by atoms with Crippen molar-refractivity contribution in [3.8, 4) is 0 Å². The molecule has 1 unspecified atom stereocenters. The Balaban J connectivity index is 2.04. The number of nitrogens with two attached hydrogens (primary N) is 1. The van der Waals surface area contributed by atoms with E-state index in [-0.39, 0.29) is 11.6 Å². The molecule has 1 saturated carbocycles. The van der Waals surface area contributed by atoms with Crippen LogP contribution < -0.4 is 5.73 Å². The third-order valence-corrected chi connectivity index (χ3v) is 3.68. The summed E-state index contributed by atoms with van der Waals surface area (Å²) in [5.41, 5.74) is 6.11. The highest BCUT2D eigenvalue weighted by atomic mass is 16.5. The Kier molecular flexibility index (Phi) is 3.25. The molecule has 2 rings (SSSR count). The van der Waals surface area contributed by atoms with Crippen LogP contribution >= 0.6 is 0 Å². The number of hydrogen-bond donors (Lipinski definition) is 1. The molecular weight excluding hydrogens is 204 g/mol. The molecule has 0 aromatic carbocycles. The van der Waals surface area contributed by atoms with Gasteiger partial charge in [-0.05, 0) is 26.2 Å². The summed E-state index contributed by atoms with van der Waals surface area (Å²) in [6.07, 6.45) is 5.66. The number of nitrogens with zero attached hydrogens (tertiary/aromatic N) is 3. The average molecular weight is 224 g/mol. The van der Waals surface area contributed by atoms with Gasteiger partial charge in [0.2, 0.25) is 0 Å². The smallest absolute Gasteiger partial charge is 0.138 e. The highest BCUT2D eigenvalue weighted by molar-refractivity contribution is 5.03. The zero-order valence-corrected chi connectivity index (χ0v) is 10.0. The van der Waals surface area contributed by atoms with Crippen molar-refractivity contribution in [1.82, 2.24) is 14.8 Å². The molecule has 0 spiro atoms. The Hall–Kier alpha value is -0.940. The summed E-state index contributed by atoms with van der Waals surface area (Å²) in [6, 6.07) is 0.0146. The van der Waals surface area contributed by atoms with Gasteiger partial charge in [0, 0.05) is 26.1 Å². The summed E-state index contributed by atoms with van der Waals surface area (Å²) in [4.78, 5) is 4.25. The van der Waals surface area contributed by atoms with Crippen molar-refractivity contribution in [1.29, 1.82) is 0 Å². The lowest BCUT2D eigenvalue weighted by Gasteiger charge is -2.44. The van der Waals surface area contributed by atoms with E-state index < -0.39 is 0 Å². The highest BCUT2D eigenvalue weighted by Crippen LogP contribution is 2.38. The van der Waals surface area contributed by atoms with Crippen molar-refractivity contribution in [3.05, 3.63) is 12.2 Å². The molecule has 0 aliphatic heterocycles. The monoisotopic (exact) mass is 224 g/mol. The molecule has 0 bridgehead atoms. The number of aromatic nitrogens is 3. The Morgan fingerprint density at radius 1 is 1.62 bits per heavy atom. The maximum atomic E-state index is 6.23. The van der Waals surface area contributed by atoms with Gasteiger partial charge in [-0.2, -0.15) is 5.10 Å². The molecule has 2 N–H and O–H groups in total. The molecule has 1 heterocycles. The summed E-state index contributed by atoms with van der Waals surface area (Å²) < 4.78 is 7.47. The van der Waals surface area contributed by atoms with Crippen LogP contribution in [0.1, 0.15) is 32.0 Å².